The van der Waals surface area contributed by atoms with Crippen LogP contribution in [-0.2, 0) is 28.6 Å². The summed E-state index contributed by atoms with van der Waals surface area (Å²) in [6, 6.07) is 7.41. The molecule has 8 nitrogen and oxygen atoms in total. The van der Waals surface area contributed by atoms with Crippen molar-refractivity contribution in [2.24, 2.45) is 0 Å². The topological polar surface area (TPSA) is 94.2 Å². The number of allylic oxidation sites excluding steroid dienone is 1. The van der Waals surface area contributed by atoms with Crippen LogP contribution in [0.2, 0.25) is 0 Å². The summed E-state index contributed by atoms with van der Waals surface area (Å²) in [6.07, 6.45) is 5.23. The van der Waals surface area contributed by atoms with Crippen LogP contribution in [-0.4, -0.2) is 61.3 Å². The largest absolute Gasteiger partial charge is 0.463 e. The Kier molecular flexibility index (Phi) is 11.8. The van der Waals surface area contributed by atoms with Crippen molar-refractivity contribution in [1.29, 1.82) is 0 Å². The molecule has 0 bridgehead atoms. The van der Waals surface area contributed by atoms with Gasteiger partial charge in [-0.05, 0) is 84.7 Å². The highest BCUT2D eigenvalue weighted by molar-refractivity contribution is 6.00. The van der Waals surface area contributed by atoms with E-state index in [0.717, 1.165) is 25.9 Å². The third-order valence-electron chi connectivity index (χ3n) is 6.33. The molecule has 0 aliphatic carbocycles. The van der Waals surface area contributed by atoms with Crippen molar-refractivity contribution >= 4 is 36.4 Å². The van der Waals surface area contributed by atoms with Crippen molar-refractivity contribution in [3.8, 4) is 0 Å². The van der Waals surface area contributed by atoms with Gasteiger partial charge in [-0.15, -0.1) is 12.4 Å². The molecule has 1 fully saturated rings. The fraction of sp³-hybridized carbons (Fsp3) is 0.500. The Hall–Kier alpha value is -3.10. The van der Waals surface area contributed by atoms with Crippen molar-refractivity contribution in [1.82, 2.24) is 10.2 Å². The Bertz CT molecular complexity index is 1140. The van der Waals surface area contributed by atoms with Gasteiger partial charge < -0.3 is 19.5 Å². The predicted octanol–water partition coefficient (Wildman–Crippen LogP) is 4.90. The van der Waals surface area contributed by atoms with E-state index in [1.807, 2.05) is 31.2 Å². The molecule has 9 heteroatoms. The van der Waals surface area contributed by atoms with Gasteiger partial charge in [-0.1, -0.05) is 24.3 Å². The Morgan fingerprint density at radius 3 is 2.18 bits per heavy atom. The molecule has 1 aromatic rings. The zero-order valence-corrected chi connectivity index (χ0v) is 24.6. The number of nitrogens with zero attached hydrogens (tertiary/aromatic N) is 1. The summed E-state index contributed by atoms with van der Waals surface area (Å²) in [5.41, 5.74) is 2.81. The molecular weight excluding hydrogens is 520 g/mol. The van der Waals surface area contributed by atoms with E-state index in [1.165, 1.54) is 6.08 Å². The number of halogens is 1. The second-order valence-corrected chi connectivity index (χ2v) is 10.4. The lowest BCUT2D eigenvalue weighted by Crippen LogP contribution is -2.38. The molecule has 0 amide bonds. The van der Waals surface area contributed by atoms with E-state index >= 15 is 0 Å². The fourth-order valence-electron chi connectivity index (χ4n) is 4.84. The van der Waals surface area contributed by atoms with Crippen molar-refractivity contribution in [2.75, 3.05) is 32.8 Å². The number of carbonyl (C=O) groups excluding carboxylic acids is 3. The Labute approximate surface area is 237 Å². The SMILES string of the molecule is CCOC(=O)C1=C(C)NC(CN2CCCC2)=C(C(=O)OCC)C1c1ccccc1/C=C/C(=O)OC(C)(C)C.Cl. The van der Waals surface area contributed by atoms with E-state index in [2.05, 4.69) is 10.2 Å². The maximum atomic E-state index is 13.5. The Morgan fingerprint density at radius 1 is 1.00 bits per heavy atom. The summed E-state index contributed by atoms with van der Waals surface area (Å²) in [6.45, 7) is 13.6. The monoisotopic (exact) mass is 560 g/mol. The van der Waals surface area contributed by atoms with Gasteiger partial charge in [-0.3, -0.25) is 4.90 Å². The molecule has 2 aliphatic rings. The smallest absolute Gasteiger partial charge is 0.336 e. The Morgan fingerprint density at radius 2 is 1.59 bits per heavy atom. The predicted molar refractivity (Wildman–Crippen MR) is 153 cm³/mol. The second-order valence-electron chi connectivity index (χ2n) is 10.4. The number of hydrogen-bond donors (Lipinski definition) is 1. The number of hydrogen-bond acceptors (Lipinski definition) is 8. The van der Waals surface area contributed by atoms with Gasteiger partial charge in [0.15, 0.2) is 0 Å². The zero-order valence-electron chi connectivity index (χ0n) is 23.8. The molecule has 0 spiro atoms. The third kappa shape index (κ3) is 8.44. The van der Waals surface area contributed by atoms with Crippen LogP contribution in [0, 0.1) is 0 Å². The average Bonchev–Trinajstić information content (AvgIpc) is 3.35. The van der Waals surface area contributed by atoms with Crippen molar-refractivity contribution in [2.45, 2.75) is 65.9 Å². The van der Waals surface area contributed by atoms with Crippen LogP contribution in [0.25, 0.3) is 6.08 Å². The van der Waals surface area contributed by atoms with Crippen LogP contribution in [0.1, 0.15) is 71.4 Å². The number of benzene rings is 1. The van der Waals surface area contributed by atoms with Crippen molar-refractivity contribution < 1.29 is 28.6 Å². The quantitative estimate of drug-likeness (QED) is 0.259. The first-order valence-electron chi connectivity index (χ1n) is 13.3. The minimum absolute atomic E-state index is 0. The first kappa shape index (κ1) is 32.1. The maximum absolute atomic E-state index is 13.5. The number of ether oxygens (including phenoxy) is 3. The van der Waals surface area contributed by atoms with Crippen LogP contribution in [0.3, 0.4) is 0 Å². The van der Waals surface area contributed by atoms with E-state index in [-0.39, 0.29) is 25.6 Å². The summed E-state index contributed by atoms with van der Waals surface area (Å²) < 4.78 is 16.4. The first-order chi connectivity index (χ1) is 18.1. The lowest BCUT2D eigenvalue weighted by atomic mass is 9.78. The molecule has 0 saturated carbocycles. The van der Waals surface area contributed by atoms with Gasteiger partial charge in [0.2, 0.25) is 0 Å². The van der Waals surface area contributed by atoms with E-state index in [4.69, 9.17) is 14.2 Å². The number of nitrogens with one attached hydrogen (secondary N) is 1. The van der Waals surface area contributed by atoms with E-state index < -0.39 is 29.4 Å². The molecule has 39 heavy (non-hydrogen) atoms. The first-order valence-corrected chi connectivity index (χ1v) is 13.3. The van der Waals surface area contributed by atoms with Gasteiger partial charge in [0.1, 0.15) is 5.60 Å². The van der Waals surface area contributed by atoms with E-state index in [0.29, 0.717) is 40.2 Å². The van der Waals surface area contributed by atoms with E-state index in [9.17, 15) is 14.4 Å². The number of likely N-dealkylation sites (tertiary alicyclic amines) is 1. The minimum atomic E-state index is -0.744. The number of rotatable bonds is 9. The van der Waals surface area contributed by atoms with Gasteiger partial charge in [0, 0.05) is 24.0 Å². The zero-order chi connectivity index (χ0) is 27.9. The molecule has 1 N–H and O–H groups in total. The molecule has 214 valence electrons. The number of esters is 3. The lowest BCUT2D eigenvalue weighted by Gasteiger charge is -2.33. The highest BCUT2D eigenvalue weighted by Crippen LogP contribution is 2.41. The number of dihydropyridines is 1. The summed E-state index contributed by atoms with van der Waals surface area (Å²) in [5.74, 6) is -2.22. The van der Waals surface area contributed by atoms with Gasteiger partial charge in [-0.2, -0.15) is 0 Å². The Balaban J connectivity index is 0.00000533. The normalized spacial score (nSPS) is 18.1. The maximum Gasteiger partial charge on any atom is 0.336 e. The molecule has 1 atom stereocenters. The number of carbonyl (C=O) groups is 3. The molecule has 1 saturated heterocycles. The molecule has 0 radical (unpaired) electrons. The van der Waals surface area contributed by atoms with Crippen molar-refractivity contribution in [3.05, 3.63) is 64.0 Å². The van der Waals surface area contributed by atoms with Gasteiger partial charge in [-0.25, -0.2) is 14.4 Å². The van der Waals surface area contributed by atoms with Crippen LogP contribution >= 0.6 is 12.4 Å². The summed E-state index contributed by atoms with van der Waals surface area (Å²) in [4.78, 5) is 41.6. The summed E-state index contributed by atoms with van der Waals surface area (Å²) in [5, 5.41) is 3.34. The highest BCUT2D eigenvalue weighted by atomic mass is 35.5. The van der Waals surface area contributed by atoms with Crippen LogP contribution in [0.15, 0.2) is 52.9 Å². The van der Waals surface area contributed by atoms with Crippen LogP contribution < -0.4 is 5.32 Å². The fourth-order valence-corrected chi connectivity index (χ4v) is 4.84. The lowest BCUT2D eigenvalue weighted by molar-refractivity contribution is -0.148. The van der Waals surface area contributed by atoms with E-state index in [1.54, 1.807) is 40.7 Å². The summed E-state index contributed by atoms with van der Waals surface area (Å²) >= 11 is 0. The van der Waals surface area contributed by atoms with Gasteiger partial charge in [0.05, 0.1) is 30.3 Å². The van der Waals surface area contributed by atoms with Crippen LogP contribution in [0.5, 0.6) is 0 Å². The average molecular weight is 561 g/mol. The standard InChI is InChI=1S/C30H40N2O6.ClH/c1-7-36-28(34)25-20(3)31-23(19-32-17-11-12-18-32)27(29(35)37-8-2)26(25)22-14-10-9-13-21(22)15-16-24(33)38-30(4,5)6;/h9-10,13-16,26,31H,7-8,11-12,17-19H2,1-6H3;1H/b16-15+;. The molecule has 1 aromatic carbocycles. The second kappa shape index (κ2) is 14.3. The van der Waals surface area contributed by atoms with Gasteiger partial charge >= 0.3 is 17.9 Å². The molecule has 2 heterocycles. The molecule has 3 rings (SSSR count). The molecule has 0 aromatic heterocycles. The minimum Gasteiger partial charge on any atom is -0.463 e. The molecule has 2 aliphatic heterocycles. The van der Waals surface area contributed by atoms with Crippen molar-refractivity contribution in [3.63, 3.8) is 0 Å². The third-order valence-corrected chi connectivity index (χ3v) is 6.33. The highest BCUT2D eigenvalue weighted by Gasteiger charge is 2.40. The molecule has 1 unspecified atom stereocenters. The molecular formula is C30H41ClN2O6. The van der Waals surface area contributed by atoms with Crippen LogP contribution in [0.4, 0.5) is 0 Å². The van der Waals surface area contributed by atoms with Gasteiger partial charge in [0.25, 0.3) is 0 Å². The summed E-state index contributed by atoms with van der Waals surface area (Å²) in [7, 11) is 0.